The molecule has 2 aromatic rings. The van der Waals surface area contributed by atoms with Crippen LogP contribution >= 0.6 is 0 Å². The minimum atomic E-state index is 0.141. The van der Waals surface area contributed by atoms with E-state index in [1.165, 1.54) is 0 Å². The van der Waals surface area contributed by atoms with Crippen molar-refractivity contribution in [3.8, 4) is 0 Å². The molecule has 1 amide bonds. The summed E-state index contributed by atoms with van der Waals surface area (Å²) in [5.41, 5.74) is 3.01. The van der Waals surface area contributed by atoms with Crippen LogP contribution in [0.4, 0.5) is 11.4 Å². The maximum Gasteiger partial charge on any atom is 0.227 e. The molecule has 0 spiro atoms. The van der Waals surface area contributed by atoms with Crippen molar-refractivity contribution in [1.29, 1.82) is 0 Å². The number of amides is 1. The molecule has 1 fully saturated rings. The normalized spacial score (nSPS) is 16.4. The van der Waals surface area contributed by atoms with Crippen molar-refractivity contribution in [1.82, 2.24) is 10.2 Å². The van der Waals surface area contributed by atoms with Gasteiger partial charge in [0.05, 0.1) is 11.7 Å². The highest BCUT2D eigenvalue weighted by atomic mass is 16.2. The van der Waals surface area contributed by atoms with Crippen molar-refractivity contribution in [3.63, 3.8) is 0 Å². The Hall–Kier alpha value is -2.30. The average molecular weight is 270 g/mol. The summed E-state index contributed by atoms with van der Waals surface area (Å²) in [4.78, 5) is 13.6. The number of carbonyl (C=O) groups is 1. The van der Waals surface area contributed by atoms with E-state index in [0.717, 1.165) is 30.0 Å². The Morgan fingerprint density at radius 3 is 3.00 bits per heavy atom. The zero-order chi connectivity index (χ0) is 13.9. The number of aromatic amines is 1. The summed E-state index contributed by atoms with van der Waals surface area (Å²) in [6, 6.07) is 10.1. The molecule has 1 saturated heterocycles. The summed E-state index contributed by atoms with van der Waals surface area (Å²) in [6.45, 7) is 2.89. The van der Waals surface area contributed by atoms with Gasteiger partial charge in [-0.2, -0.15) is 5.10 Å². The van der Waals surface area contributed by atoms with Crippen molar-refractivity contribution in [2.24, 2.45) is 0 Å². The number of rotatable bonds is 4. The van der Waals surface area contributed by atoms with Crippen LogP contribution in [-0.4, -0.2) is 22.6 Å². The fraction of sp³-hybridized carbons (Fsp3) is 0.333. The Morgan fingerprint density at radius 2 is 2.30 bits per heavy atom. The van der Waals surface area contributed by atoms with Crippen molar-refractivity contribution in [3.05, 3.63) is 42.2 Å². The first kappa shape index (κ1) is 12.7. The van der Waals surface area contributed by atoms with Crippen molar-refractivity contribution >= 4 is 17.3 Å². The van der Waals surface area contributed by atoms with Gasteiger partial charge in [-0.25, -0.2) is 0 Å². The molecule has 2 heterocycles. The monoisotopic (exact) mass is 270 g/mol. The van der Waals surface area contributed by atoms with Crippen LogP contribution in [0.5, 0.6) is 0 Å². The zero-order valence-corrected chi connectivity index (χ0v) is 11.5. The molecule has 0 bridgehead atoms. The molecule has 0 saturated carbocycles. The second kappa shape index (κ2) is 5.36. The lowest BCUT2D eigenvalue weighted by Crippen LogP contribution is -2.23. The fourth-order valence-corrected chi connectivity index (χ4v) is 2.52. The first-order valence-electron chi connectivity index (χ1n) is 6.90. The van der Waals surface area contributed by atoms with Crippen LogP contribution in [0.1, 0.15) is 31.5 Å². The maximum absolute atomic E-state index is 11.8. The number of anilines is 2. The van der Waals surface area contributed by atoms with E-state index in [1.54, 1.807) is 6.20 Å². The minimum absolute atomic E-state index is 0.141. The Labute approximate surface area is 118 Å². The number of H-pyrrole nitrogens is 1. The summed E-state index contributed by atoms with van der Waals surface area (Å²) in [6.07, 6.45) is 3.34. The highest BCUT2D eigenvalue weighted by Crippen LogP contribution is 2.26. The van der Waals surface area contributed by atoms with Gasteiger partial charge in [-0.1, -0.05) is 6.07 Å². The zero-order valence-electron chi connectivity index (χ0n) is 11.5. The van der Waals surface area contributed by atoms with E-state index in [1.807, 2.05) is 35.2 Å². The molecule has 1 unspecified atom stereocenters. The maximum atomic E-state index is 11.8. The minimum Gasteiger partial charge on any atom is -0.377 e. The third-order valence-electron chi connectivity index (χ3n) is 3.60. The SMILES string of the molecule is CC(Nc1cccc(N2CCCC2=O)c1)c1ccn[nH]1. The number of nitrogens with one attached hydrogen (secondary N) is 2. The number of nitrogens with zero attached hydrogens (tertiary/aromatic N) is 2. The summed E-state index contributed by atoms with van der Waals surface area (Å²) >= 11 is 0. The van der Waals surface area contributed by atoms with Crippen LogP contribution in [0.15, 0.2) is 36.5 Å². The topological polar surface area (TPSA) is 61.0 Å². The van der Waals surface area contributed by atoms with E-state index in [4.69, 9.17) is 0 Å². The first-order valence-corrected chi connectivity index (χ1v) is 6.90. The predicted octanol–water partition coefficient (Wildman–Crippen LogP) is 2.71. The summed E-state index contributed by atoms with van der Waals surface area (Å²) in [5, 5.41) is 10.3. The number of hydrogen-bond donors (Lipinski definition) is 2. The largest absolute Gasteiger partial charge is 0.377 e. The predicted molar refractivity (Wildman–Crippen MR) is 78.7 cm³/mol. The molecular weight excluding hydrogens is 252 g/mol. The molecular formula is C15H18N4O. The average Bonchev–Trinajstić information content (AvgIpc) is 3.10. The molecule has 1 aromatic carbocycles. The van der Waals surface area contributed by atoms with Gasteiger partial charge in [0.25, 0.3) is 0 Å². The van der Waals surface area contributed by atoms with Gasteiger partial charge in [-0.05, 0) is 37.6 Å². The van der Waals surface area contributed by atoms with Gasteiger partial charge < -0.3 is 10.2 Å². The van der Waals surface area contributed by atoms with Gasteiger partial charge in [-0.15, -0.1) is 0 Å². The standard InChI is InChI=1S/C15H18N4O/c1-11(14-7-8-16-18-14)17-12-4-2-5-13(10-12)19-9-3-6-15(19)20/h2,4-5,7-8,10-11,17H,3,6,9H2,1H3,(H,16,18). The Kier molecular flexibility index (Phi) is 3.41. The van der Waals surface area contributed by atoms with Crippen molar-refractivity contribution in [2.75, 3.05) is 16.8 Å². The molecule has 3 rings (SSSR count). The van der Waals surface area contributed by atoms with E-state index < -0.39 is 0 Å². The van der Waals surface area contributed by atoms with E-state index in [0.29, 0.717) is 6.42 Å². The highest BCUT2D eigenvalue weighted by molar-refractivity contribution is 5.95. The molecule has 0 radical (unpaired) electrons. The molecule has 5 nitrogen and oxygen atoms in total. The van der Waals surface area contributed by atoms with Gasteiger partial charge in [0.15, 0.2) is 0 Å². The second-order valence-electron chi connectivity index (χ2n) is 5.08. The van der Waals surface area contributed by atoms with Crippen LogP contribution in [0.3, 0.4) is 0 Å². The van der Waals surface area contributed by atoms with Gasteiger partial charge in [0.1, 0.15) is 0 Å². The fourth-order valence-electron chi connectivity index (χ4n) is 2.52. The third-order valence-corrected chi connectivity index (χ3v) is 3.60. The van der Waals surface area contributed by atoms with Crippen LogP contribution in [0.25, 0.3) is 0 Å². The van der Waals surface area contributed by atoms with Crippen LogP contribution in [0.2, 0.25) is 0 Å². The lowest BCUT2D eigenvalue weighted by atomic mass is 10.2. The Morgan fingerprint density at radius 1 is 1.40 bits per heavy atom. The smallest absolute Gasteiger partial charge is 0.227 e. The third kappa shape index (κ3) is 2.52. The molecule has 1 atom stereocenters. The van der Waals surface area contributed by atoms with E-state index in [9.17, 15) is 4.79 Å². The van der Waals surface area contributed by atoms with Gasteiger partial charge in [0, 0.05) is 30.5 Å². The molecule has 2 N–H and O–H groups in total. The number of aromatic nitrogens is 2. The molecule has 1 aromatic heterocycles. The number of benzene rings is 1. The van der Waals surface area contributed by atoms with Gasteiger partial charge in [-0.3, -0.25) is 9.89 Å². The number of carbonyl (C=O) groups excluding carboxylic acids is 1. The van der Waals surface area contributed by atoms with Gasteiger partial charge in [0.2, 0.25) is 5.91 Å². The molecule has 104 valence electrons. The van der Waals surface area contributed by atoms with E-state index in [-0.39, 0.29) is 11.9 Å². The number of hydrogen-bond acceptors (Lipinski definition) is 3. The lowest BCUT2D eigenvalue weighted by Gasteiger charge is -2.19. The van der Waals surface area contributed by atoms with Gasteiger partial charge >= 0.3 is 0 Å². The molecule has 20 heavy (non-hydrogen) atoms. The summed E-state index contributed by atoms with van der Waals surface area (Å²) in [5.74, 6) is 0.212. The Bertz CT molecular complexity index is 594. The first-order chi connectivity index (χ1) is 9.74. The van der Waals surface area contributed by atoms with E-state index >= 15 is 0 Å². The van der Waals surface area contributed by atoms with Crippen molar-refractivity contribution in [2.45, 2.75) is 25.8 Å². The van der Waals surface area contributed by atoms with Crippen molar-refractivity contribution < 1.29 is 4.79 Å². The van der Waals surface area contributed by atoms with Crippen LogP contribution < -0.4 is 10.2 Å². The molecule has 1 aliphatic heterocycles. The Balaban J connectivity index is 1.76. The molecule has 0 aliphatic carbocycles. The summed E-state index contributed by atoms with van der Waals surface area (Å²) < 4.78 is 0. The lowest BCUT2D eigenvalue weighted by molar-refractivity contribution is -0.117. The van der Waals surface area contributed by atoms with E-state index in [2.05, 4.69) is 22.4 Å². The van der Waals surface area contributed by atoms with Crippen LogP contribution in [-0.2, 0) is 4.79 Å². The van der Waals surface area contributed by atoms with Crippen LogP contribution in [0, 0.1) is 0 Å². The quantitative estimate of drug-likeness (QED) is 0.898. The highest BCUT2D eigenvalue weighted by Gasteiger charge is 2.21. The molecule has 5 heteroatoms. The molecule has 1 aliphatic rings. The second-order valence-corrected chi connectivity index (χ2v) is 5.08. The summed E-state index contributed by atoms with van der Waals surface area (Å²) in [7, 11) is 0.